The smallest absolute Gasteiger partial charge is 0.119 e. The molecule has 142 valence electrons. The van der Waals surface area contributed by atoms with Crippen LogP contribution in [0, 0.1) is 0 Å². The fourth-order valence-electron chi connectivity index (χ4n) is 4.24. The topological polar surface area (TPSA) is 40.5 Å². The Morgan fingerprint density at radius 3 is 2.52 bits per heavy atom. The average molecular weight is 347 g/mol. The van der Waals surface area contributed by atoms with E-state index in [-0.39, 0.29) is 17.4 Å². The molecule has 0 aliphatic heterocycles. The van der Waals surface area contributed by atoms with E-state index in [4.69, 9.17) is 0 Å². The number of aliphatic hydroxyl groups is 1. The molecule has 1 fully saturated rings. The molecule has 0 unspecified atom stereocenters. The number of aliphatic hydroxyl groups excluding tert-OH is 1. The maximum absolute atomic E-state index is 10.7. The van der Waals surface area contributed by atoms with Crippen LogP contribution in [0.1, 0.15) is 108 Å². The number of phenolic OH excluding ortho intramolecular Hbond substituents is 1. The Kier molecular flexibility index (Phi) is 7.81. The quantitative estimate of drug-likeness (QED) is 0.558. The van der Waals surface area contributed by atoms with Crippen LogP contribution in [0.2, 0.25) is 0 Å². The SMILES string of the molecule is CCCCCCC(C)(C)c1ccc([C@@H]2CCCCC[C@@H](O)C2)c(O)c1. The number of hydrogen-bond acceptors (Lipinski definition) is 2. The summed E-state index contributed by atoms with van der Waals surface area (Å²) in [4.78, 5) is 0. The van der Waals surface area contributed by atoms with Crippen molar-refractivity contribution in [2.45, 2.75) is 109 Å². The van der Waals surface area contributed by atoms with Crippen molar-refractivity contribution in [3.8, 4) is 5.75 Å². The summed E-state index contributed by atoms with van der Waals surface area (Å²) in [7, 11) is 0. The van der Waals surface area contributed by atoms with E-state index in [2.05, 4.69) is 32.9 Å². The molecule has 0 radical (unpaired) electrons. The van der Waals surface area contributed by atoms with Crippen molar-refractivity contribution >= 4 is 0 Å². The van der Waals surface area contributed by atoms with Crippen LogP contribution >= 0.6 is 0 Å². The summed E-state index contributed by atoms with van der Waals surface area (Å²) in [6, 6.07) is 6.32. The van der Waals surface area contributed by atoms with Crippen molar-refractivity contribution < 1.29 is 10.2 Å². The van der Waals surface area contributed by atoms with E-state index < -0.39 is 0 Å². The molecule has 2 heteroatoms. The molecule has 0 heterocycles. The molecule has 2 N–H and O–H groups in total. The molecule has 2 atom stereocenters. The molecule has 1 aliphatic rings. The van der Waals surface area contributed by atoms with Crippen LogP contribution in [0.4, 0.5) is 0 Å². The van der Waals surface area contributed by atoms with Crippen LogP contribution < -0.4 is 0 Å². The summed E-state index contributed by atoms with van der Waals surface area (Å²) < 4.78 is 0. The number of aromatic hydroxyl groups is 1. The standard InChI is InChI=1S/C23H38O2/c1-4-5-6-10-15-23(2,3)19-13-14-21(22(25)17-19)18-11-8-7-9-12-20(24)16-18/h13-14,17-18,20,24-25H,4-12,15-16H2,1-3H3/t18-,20-/m1/s1. The molecule has 0 bridgehead atoms. The highest BCUT2D eigenvalue weighted by atomic mass is 16.3. The van der Waals surface area contributed by atoms with Gasteiger partial charge in [-0.3, -0.25) is 0 Å². The number of rotatable bonds is 7. The lowest BCUT2D eigenvalue weighted by Gasteiger charge is -2.28. The van der Waals surface area contributed by atoms with Crippen molar-refractivity contribution in [2.75, 3.05) is 0 Å². The molecule has 0 saturated heterocycles. The van der Waals surface area contributed by atoms with E-state index in [0.29, 0.717) is 5.75 Å². The number of hydrogen-bond donors (Lipinski definition) is 2. The average Bonchev–Trinajstić information content (AvgIpc) is 2.55. The van der Waals surface area contributed by atoms with Gasteiger partial charge in [0.25, 0.3) is 0 Å². The van der Waals surface area contributed by atoms with E-state index >= 15 is 0 Å². The minimum Gasteiger partial charge on any atom is -0.508 e. The maximum atomic E-state index is 10.7. The second-order valence-corrected chi connectivity index (χ2v) is 8.69. The molecule has 0 aromatic heterocycles. The molecular formula is C23H38O2. The molecule has 0 spiro atoms. The third kappa shape index (κ3) is 6.02. The van der Waals surface area contributed by atoms with Gasteiger partial charge in [-0.1, -0.05) is 77.8 Å². The summed E-state index contributed by atoms with van der Waals surface area (Å²) in [5.41, 5.74) is 2.37. The number of phenols is 1. The molecular weight excluding hydrogens is 308 g/mol. The van der Waals surface area contributed by atoms with Gasteiger partial charge in [0.2, 0.25) is 0 Å². The Morgan fingerprint density at radius 2 is 1.80 bits per heavy atom. The van der Waals surface area contributed by atoms with Crippen LogP contribution in [-0.2, 0) is 5.41 Å². The molecule has 1 saturated carbocycles. The molecule has 2 rings (SSSR count). The van der Waals surface area contributed by atoms with Crippen molar-refractivity contribution in [1.82, 2.24) is 0 Å². The summed E-state index contributed by atoms with van der Waals surface area (Å²) >= 11 is 0. The second kappa shape index (κ2) is 9.62. The Hall–Kier alpha value is -1.02. The molecule has 25 heavy (non-hydrogen) atoms. The van der Waals surface area contributed by atoms with Gasteiger partial charge in [-0.25, -0.2) is 0 Å². The molecule has 1 aliphatic carbocycles. The van der Waals surface area contributed by atoms with Gasteiger partial charge in [0.15, 0.2) is 0 Å². The van der Waals surface area contributed by atoms with Gasteiger partial charge in [0.05, 0.1) is 6.10 Å². The zero-order valence-corrected chi connectivity index (χ0v) is 16.6. The van der Waals surface area contributed by atoms with E-state index in [9.17, 15) is 10.2 Å². The Bertz CT molecular complexity index is 521. The van der Waals surface area contributed by atoms with Gasteiger partial charge < -0.3 is 10.2 Å². The van der Waals surface area contributed by atoms with E-state index in [1.807, 2.05) is 6.07 Å². The van der Waals surface area contributed by atoms with Crippen molar-refractivity contribution in [2.24, 2.45) is 0 Å². The van der Waals surface area contributed by atoms with Crippen LogP contribution in [0.25, 0.3) is 0 Å². The summed E-state index contributed by atoms with van der Waals surface area (Å²) in [5, 5.41) is 20.9. The number of unbranched alkanes of at least 4 members (excludes halogenated alkanes) is 3. The first kappa shape index (κ1) is 20.3. The minimum atomic E-state index is -0.223. The summed E-state index contributed by atoms with van der Waals surface area (Å²) in [6.45, 7) is 6.81. The molecule has 1 aromatic rings. The van der Waals surface area contributed by atoms with Crippen LogP contribution in [0.3, 0.4) is 0 Å². The lowest BCUT2D eigenvalue weighted by Crippen LogP contribution is -2.18. The van der Waals surface area contributed by atoms with Crippen LogP contribution in [0.5, 0.6) is 5.75 Å². The van der Waals surface area contributed by atoms with E-state index in [1.54, 1.807) is 0 Å². The zero-order valence-electron chi connectivity index (χ0n) is 16.6. The summed E-state index contributed by atoms with van der Waals surface area (Å²) in [5.74, 6) is 0.717. The lowest BCUT2D eigenvalue weighted by atomic mass is 9.78. The first-order valence-electron chi connectivity index (χ1n) is 10.5. The highest BCUT2D eigenvalue weighted by Gasteiger charge is 2.24. The fraction of sp³-hybridized carbons (Fsp3) is 0.739. The first-order chi connectivity index (χ1) is 11.9. The molecule has 0 amide bonds. The van der Waals surface area contributed by atoms with Gasteiger partial charge in [-0.15, -0.1) is 0 Å². The van der Waals surface area contributed by atoms with Gasteiger partial charge in [0, 0.05) is 0 Å². The molecule has 2 nitrogen and oxygen atoms in total. The van der Waals surface area contributed by atoms with Gasteiger partial charge in [-0.2, -0.15) is 0 Å². The second-order valence-electron chi connectivity index (χ2n) is 8.69. The molecule has 1 aromatic carbocycles. The van der Waals surface area contributed by atoms with Gasteiger partial charge in [-0.05, 0) is 54.2 Å². The summed E-state index contributed by atoms with van der Waals surface area (Å²) in [6.07, 6.45) is 12.3. The van der Waals surface area contributed by atoms with E-state index in [1.165, 1.54) is 44.1 Å². The first-order valence-corrected chi connectivity index (χ1v) is 10.5. The zero-order chi connectivity index (χ0) is 18.3. The van der Waals surface area contributed by atoms with Crippen LogP contribution in [0.15, 0.2) is 18.2 Å². The van der Waals surface area contributed by atoms with Gasteiger partial charge >= 0.3 is 0 Å². The Morgan fingerprint density at radius 1 is 1.04 bits per heavy atom. The normalized spacial score (nSPS) is 22.4. The Balaban J connectivity index is 2.08. The maximum Gasteiger partial charge on any atom is 0.119 e. The lowest BCUT2D eigenvalue weighted by molar-refractivity contribution is 0.133. The predicted molar refractivity (Wildman–Crippen MR) is 106 cm³/mol. The van der Waals surface area contributed by atoms with Gasteiger partial charge in [0.1, 0.15) is 5.75 Å². The predicted octanol–water partition coefficient (Wildman–Crippen LogP) is 6.44. The Labute approximate surface area is 154 Å². The minimum absolute atomic E-state index is 0.101. The van der Waals surface area contributed by atoms with Crippen molar-refractivity contribution in [3.63, 3.8) is 0 Å². The highest BCUT2D eigenvalue weighted by molar-refractivity contribution is 5.41. The van der Waals surface area contributed by atoms with E-state index in [0.717, 1.165) is 37.7 Å². The van der Waals surface area contributed by atoms with Crippen LogP contribution in [-0.4, -0.2) is 16.3 Å². The number of benzene rings is 1. The van der Waals surface area contributed by atoms with Crippen molar-refractivity contribution in [1.29, 1.82) is 0 Å². The monoisotopic (exact) mass is 346 g/mol. The largest absolute Gasteiger partial charge is 0.508 e. The van der Waals surface area contributed by atoms with Crippen molar-refractivity contribution in [3.05, 3.63) is 29.3 Å². The highest BCUT2D eigenvalue weighted by Crippen LogP contribution is 2.39. The third-order valence-electron chi connectivity index (χ3n) is 6.05. The fourth-order valence-corrected chi connectivity index (χ4v) is 4.24. The third-order valence-corrected chi connectivity index (χ3v) is 6.05.